The van der Waals surface area contributed by atoms with Crippen LogP contribution >= 0.6 is 0 Å². The molecule has 2 aliphatic heterocycles. The van der Waals surface area contributed by atoms with Crippen molar-refractivity contribution >= 4 is 36.3 Å². The van der Waals surface area contributed by atoms with Gasteiger partial charge in [-0.1, -0.05) is 265 Å². The molecule has 1 aromatic rings. The van der Waals surface area contributed by atoms with E-state index in [0.29, 0.717) is 26.2 Å². The standard InChI is InChI=1S/C66H119N9O9/c1-6-11-15-19-23-27-31-35-39-43-47-67-63(76)81-56-52-74(53-57(56)82-64(77)68-48-44-40-36-32-28-24-20-16-12-7-2)60-71-61(73-62(72-60)80-51-10-5)75-54-58(83-65(78)69-49-45-41-37-33-29-25-21-17-13-8-3)59(55-75)84-66(79)70-50-46-42-38-34-30-26-22-18-14-9-4/h5,56-59H,6-9,11-55H2,1-4H3,(H,67,76)(H,68,77)(H,69,78)(H,70,79)/t56-,57-,58-,59-/m0/s1. The van der Waals surface area contributed by atoms with Gasteiger partial charge in [0.2, 0.25) is 11.9 Å². The zero-order valence-electron chi connectivity index (χ0n) is 53.4. The van der Waals surface area contributed by atoms with E-state index in [4.69, 9.17) is 35.1 Å². The lowest BCUT2D eigenvalue weighted by Gasteiger charge is -2.20. The number of hydrogen-bond donors (Lipinski definition) is 4. The molecule has 0 radical (unpaired) electrons. The Morgan fingerprint density at radius 2 is 0.583 bits per heavy atom. The molecule has 1 aromatic heterocycles. The van der Waals surface area contributed by atoms with Gasteiger partial charge in [0.25, 0.3) is 0 Å². The van der Waals surface area contributed by atoms with Crippen LogP contribution in [0.15, 0.2) is 0 Å². The Hall–Kier alpha value is -4.95. The molecule has 482 valence electrons. The molecule has 4 N–H and O–H groups in total. The number of hydrogen-bond acceptors (Lipinski definition) is 14. The number of anilines is 2. The molecule has 4 atom stereocenters. The maximum Gasteiger partial charge on any atom is 0.407 e. The highest BCUT2D eigenvalue weighted by molar-refractivity contribution is 5.70. The minimum atomic E-state index is -0.865. The average molecular weight is 1180 g/mol. The number of alkyl carbamates (subject to hydrolysis) is 4. The number of nitrogens with zero attached hydrogens (tertiary/aromatic N) is 5. The van der Waals surface area contributed by atoms with Crippen LogP contribution in [-0.2, 0) is 18.9 Å². The normalized spacial score (nSPS) is 16.5. The number of ether oxygens (including phenoxy) is 5. The van der Waals surface area contributed by atoms with Crippen LogP contribution < -0.4 is 35.8 Å². The highest BCUT2D eigenvalue weighted by atomic mass is 16.6. The maximum absolute atomic E-state index is 13.4. The van der Waals surface area contributed by atoms with E-state index in [1.807, 2.05) is 0 Å². The van der Waals surface area contributed by atoms with Crippen LogP contribution in [0.25, 0.3) is 0 Å². The highest BCUT2D eigenvalue weighted by Crippen LogP contribution is 2.28. The fraction of sp³-hybridized carbons (Fsp3) is 0.864. The monoisotopic (exact) mass is 1180 g/mol. The summed E-state index contributed by atoms with van der Waals surface area (Å²) in [5.41, 5.74) is 0. The predicted octanol–water partition coefficient (Wildman–Crippen LogP) is 15.6. The summed E-state index contributed by atoms with van der Waals surface area (Å²) >= 11 is 0. The molecule has 3 rings (SSSR count). The lowest BCUT2D eigenvalue weighted by atomic mass is 10.1. The van der Waals surface area contributed by atoms with Crippen molar-refractivity contribution in [3.8, 4) is 18.4 Å². The van der Waals surface area contributed by atoms with E-state index in [1.165, 1.54) is 180 Å². The molecule has 2 fully saturated rings. The van der Waals surface area contributed by atoms with Gasteiger partial charge in [0.05, 0.1) is 26.2 Å². The molecular formula is C66H119N9O9. The van der Waals surface area contributed by atoms with Gasteiger partial charge in [0.15, 0.2) is 31.0 Å². The molecule has 18 nitrogen and oxygen atoms in total. The molecule has 0 bridgehead atoms. The van der Waals surface area contributed by atoms with Crippen molar-refractivity contribution in [1.29, 1.82) is 0 Å². The summed E-state index contributed by atoms with van der Waals surface area (Å²) in [4.78, 5) is 71.1. The van der Waals surface area contributed by atoms with Gasteiger partial charge in [0, 0.05) is 26.2 Å². The van der Waals surface area contributed by atoms with E-state index in [-0.39, 0.29) is 50.7 Å². The first-order valence-corrected chi connectivity index (χ1v) is 34.3. The first-order valence-electron chi connectivity index (χ1n) is 34.3. The second-order valence-electron chi connectivity index (χ2n) is 23.7. The number of rotatable bonds is 52. The second-order valence-corrected chi connectivity index (χ2v) is 23.7. The van der Waals surface area contributed by atoms with Crippen molar-refractivity contribution in [2.45, 2.75) is 309 Å². The smallest absolute Gasteiger partial charge is 0.407 e. The van der Waals surface area contributed by atoms with Crippen LogP contribution in [0.3, 0.4) is 0 Å². The Kier molecular flexibility index (Phi) is 43.8. The van der Waals surface area contributed by atoms with E-state index >= 15 is 0 Å². The lowest BCUT2D eigenvalue weighted by Crippen LogP contribution is -2.39. The van der Waals surface area contributed by atoms with Crippen LogP contribution in [-0.4, -0.2) is 123 Å². The Labute approximate surface area is 509 Å². The predicted molar refractivity (Wildman–Crippen MR) is 339 cm³/mol. The summed E-state index contributed by atoms with van der Waals surface area (Å²) in [6.07, 6.45) is 47.1. The number of carbonyl (C=O) groups excluding carboxylic acids is 4. The Bertz CT molecular complexity index is 1660. The Balaban J connectivity index is 1.71. The summed E-state index contributed by atoms with van der Waals surface area (Å²) < 4.78 is 29.8. The Morgan fingerprint density at radius 1 is 0.369 bits per heavy atom. The summed E-state index contributed by atoms with van der Waals surface area (Å²) in [5.74, 6) is 2.79. The quantitative estimate of drug-likeness (QED) is 0.0272. The van der Waals surface area contributed by atoms with Crippen molar-refractivity contribution in [3.05, 3.63) is 0 Å². The number of amides is 4. The van der Waals surface area contributed by atoms with Gasteiger partial charge in [-0.05, 0) is 25.7 Å². The van der Waals surface area contributed by atoms with Crippen molar-refractivity contribution in [2.75, 3.05) is 68.8 Å². The zero-order valence-corrected chi connectivity index (χ0v) is 53.4. The molecule has 0 spiro atoms. The Morgan fingerprint density at radius 3 is 0.798 bits per heavy atom. The third-order valence-electron chi connectivity index (χ3n) is 16.1. The van der Waals surface area contributed by atoms with Crippen molar-refractivity contribution in [2.24, 2.45) is 0 Å². The fourth-order valence-electron chi connectivity index (χ4n) is 11.0. The molecule has 3 heterocycles. The molecule has 0 aromatic carbocycles. The summed E-state index contributed by atoms with van der Waals surface area (Å²) in [6.45, 7) is 11.1. The first kappa shape index (κ1) is 73.3. The molecule has 0 saturated carbocycles. The molecule has 2 saturated heterocycles. The van der Waals surface area contributed by atoms with E-state index < -0.39 is 48.8 Å². The number of terminal acetylenes is 1. The number of unbranched alkanes of at least 4 members (excludes halogenated alkanes) is 36. The van der Waals surface area contributed by atoms with E-state index in [2.05, 4.69) is 64.9 Å². The molecular weight excluding hydrogens is 1060 g/mol. The van der Waals surface area contributed by atoms with E-state index in [1.54, 1.807) is 9.80 Å². The van der Waals surface area contributed by atoms with Crippen LogP contribution in [0, 0.1) is 12.3 Å². The molecule has 0 aliphatic carbocycles. The third kappa shape index (κ3) is 36.1. The molecule has 2 aliphatic rings. The van der Waals surface area contributed by atoms with Crippen LogP contribution in [0.5, 0.6) is 6.01 Å². The second kappa shape index (κ2) is 50.2. The summed E-state index contributed by atoms with van der Waals surface area (Å²) in [7, 11) is 0. The van der Waals surface area contributed by atoms with Gasteiger partial charge >= 0.3 is 30.4 Å². The number of carbonyl (C=O) groups is 4. The van der Waals surface area contributed by atoms with E-state index in [9.17, 15) is 19.2 Å². The van der Waals surface area contributed by atoms with Crippen LogP contribution in [0.4, 0.5) is 31.1 Å². The molecule has 4 amide bonds. The van der Waals surface area contributed by atoms with Crippen molar-refractivity contribution in [3.63, 3.8) is 0 Å². The third-order valence-corrected chi connectivity index (χ3v) is 16.1. The van der Waals surface area contributed by atoms with Crippen molar-refractivity contribution < 1.29 is 42.9 Å². The summed E-state index contributed by atoms with van der Waals surface area (Å²) in [5, 5.41) is 11.6. The van der Waals surface area contributed by atoms with Gasteiger partial charge in [-0.3, -0.25) is 0 Å². The SMILES string of the molecule is C#CCOc1nc(N2C[C@H](OC(=O)NCCCCCCCCCCCC)[C@@H](OC(=O)NCCCCCCCCCCCC)C2)nc(N2C[C@H](OC(=O)NCCCCCCCCCCCC)[C@@H](OC(=O)NCCCCCCCCCCCC)C2)n1. The first-order chi connectivity index (χ1) is 41.2. The number of aromatic nitrogens is 3. The molecule has 0 unspecified atom stereocenters. The lowest BCUT2D eigenvalue weighted by molar-refractivity contribution is 0.0175. The molecule has 84 heavy (non-hydrogen) atoms. The maximum atomic E-state index is 13.4. The van der Waals surface area contributed by atoms with Gasteiger partial charge in [-0.25, -0.2) is 19.2 Å². The molecule has 18 heteroatoms. The van der Waals surface area contributed by atoms with Gasteiger partial charge in [-0.2, -0.15) is 15.0 Å². The van der Waals surface area contributed by atoms with Gasteiger partial charge in [-0.15, -0.1) is 6.42 Å². The van der Waals surface area contributed by atoms with Crippen molar-refractivity contribution in [1.82, 2.24) is 36.2 Å². The van der Waals surface area contributed by atoms with Gasteiger partial charge in [0.1, 0.15) is 0 Å². The van der Waals surface area contributed by atoms with Crippen LogP contribution in [0.2, 0.25) is 0 Å². The topological polar surface area (TPSA) is 208 Å². The van der Waals surface area contributed by atoms with Gasteiger partial charge < -0.3 is 54.8 Å². The fourth-order valence-corrected chi connectivity index (χ4v) is 11.0. The average Bonchev–Trinajstić information content (AvgIpc) is 4.31. The minimum Gasteiger partial charge on any atom is -0.450 e. The number of nitrogens with one attached hydrogen (secondary N) is 4. The summed E-state index contributed by atoms with van der Waals surface area (Å²) in [6, 6.07) is -0.0661. The largest absolute Gasteiger partial charge is 0.450 e. The zero-order chi connectivity index (χ0) is 60.3. The minimum absolute atomic E-state index is 0.0661. The van der Waals surface area contributed by atoms with E-state index in [0.717, 1.165) is 77.0 Å². The van der Waals surface area contributed by atoms with Crippen LogP contribution in [0.1, 0.15) is 285 Å². The highest BCUT2D eigenvalue weighted by Gasteiger charge is 2.43.